The molecule has 0 saturated heterocycles. The SMILES string of the molecule is COC(=O)N1CCc2c(cncc2C(=O)Nc2c(Cl)cccc2Cl)C1. The first-order chi connectivity index (χ1) is 12.0. The summed E-state index contributed by atoms with van der Waals surface area (Å²) in [5.41, 5.74) is 2.48. The lowest BCUT2D eigenvalue weighted by atomic mass is 9.97. The van der Waals surface area contributed by atoms with Gasteiger partial charge in [0.05, 0.1) is 35.0 Å². The van der Waals surface area contributed by atoms with E-state index in [0.717, 1.165) is 11.1 Å². The summed E-state index contributed by atoms with van der Waals surface area (Å²) in [5.74, 6) is -0.342. The van der Waals surface area contributed by atoms with Crippen molar-refractivity contribution in [1.82, 2.24) is 9.88 Å². The summed E-state index contributed by atoms with van der Waals surface area (Å²) < 4.78 is 4.75. The minimum Gasteiger partial charge on any atom is -0.453 e. The first kappa shape index (κ1) is 17.5. The molecule has 6 nitrogen and oxygen atoms in total. The number of anilines is 1. The van der Waals surface area contributed by atoms with Gasteiger partial charge in [0.25, 0.3) is 5.91 Å². The topological polar surface area (TPSA) is 71.5 Å². The normalized spacial score (nSPS) is 13.2. The summed E-state index contributed by atoms with van der Waals surface area (Å²) in [6, 6.07) is 5.00. The van der Waals surface area contributed by atoms with Crippen LogP contribution >= 0.6 is 23.2 Å². The lowest BCUT2D eigenvalue weighted by molar-refractivity contribution is 0.102. The molecule has 3 rings (SSSR count). The van der Waals surface area contributed by atoms with Crippen molar-refractivity contribution in [1.29, 1.82) is 0 Å². The summed E-state index contributed by atoms with van der Waals surface area (Å²) >= 11 is 12.2. The van der Waals surface area contributed by atoms with Crippen LogP contribution in [-0.2, 0) is 17.7 Å². The van der Waals surface area contributed by atoms with Gasteiger partial charge in [-0.1, -0.05) is 29.3 Å². The van der Waals surface area contributed by atoms with Gasteiger partial charge in [0.15, 0.2) is 0 Å². The number of nitrogens with zero attached hydrogens (tertiary/aromatic N) is 2. The fourth-order valence-corrected chi connectivity index (χ4v) is 3.26. The van der Waals surface area contributed by atoms with Crippen molar-refractivity contribution in [2.75, 3.05) is 19.0 Å². The Morgan fingerprint density at radius 3 is 2.64 bits per heavy atom. The predicted octanol–water partition coefficient (Wildman–Crippen LogP) is 3.77. The fraction of sp³-hybridized carbons (Fsp3) is 0.235. The number of nitrogens with one attached hydrogen (secondary N) is 1. The third-order valence-electron chi connectivity index (χ3n) is 4.02. The number of aromatic nitrogens is 1. The minimum atomic E-state index is -0.400. The van der Waals surface area contributed by atoms with Gasteiger partial charge in [0.2, 0.25) is 0 Å². The zero-order chi connectivity index (χ0) is 18.0. The van der Waals surface area contributed by atoms with Crippen LogP contribution in [0.3, 0.4) is 0 Å². The highest BCUT2D eigenvalue weighted by molar-refractivity contribution is 6.40. The summed E-state index contributed by atoms with van der Waals surface area (Å²) in [6.45, 7) is 0.819. The van der Waals surface area contributed by atoms with E-state index in [9.17, 15) is 9.59 Å². The Bertz CT molecular complexity index is 822. The van der Waals surface area contributed by atoms with Crippen molar-refractivity contribution in [2.24, 2.45) is 0 Å². The maximum absolute atomic E-state index is 12.7. The monoisotopic (exact) mass is 379 g/mol. The van der Waals surface area contributed by atoms with E-state index in [1.807, 2.05) is 0 Å². The Hall–Kier alpha value is -2.31. The Balaban J connectivity index is 1.87. The smallest absolute Gasteiger partial charge is 0.409 e. The summed E-state index contributed by atoms with van der Waals surface area (Å²) in [4.78, 5) is 30.1. The number of pyridine rings is 1. The molecule has 1 aromatic heterocycles. The molecular formula is C17H15Cl2N3O3. The van der Waals surface area contributed by atoms with E-state index in [4.69, 9.17) is 27.9 Å². The molecule has 0 fully saturated rings. The molecule has 0 spiro atoms. The molecule has 1 N–H and O–H groups in total. The second kappa shape index (κ2) is 7.29. The average molecular weight is 380 g/mol. The van der Waals surface area contributed by atoms with Crippen LogP contribution in [0.5, 0.6) is 0 Å². The molecule has 1 aromatic carbocycles. The van der Waals surface area contributed by atoms with E-state index < -0.39 is 6.09 Å². The van der Waals surface area contributed by atoms with E-state index in [-0.39, 0.29) is 5.91 Å². The van der Waals surface area contributed by atoms with E-state index >= 15 is 0 Å². The van der Waals surface area contributed by atoms with Gasteiger partial charge in [-0.05, 0) is 29.7 Å². The molecule has 2 aromatic rings. The number of carbonyl (C=O) groups excluding carboxylic acids is 2. The number of hydrogen-bond acceptors (Lipinski definition) is 4. The molecule has 1 aliphatic rings. The van der Waals surface area contributed by atoms with E-state index in [1.54, 1.807) is 29.3 Å². The minimum absolute atomic E-state index is 0.342. The van der Waals surface area contributed by atoms with Gasteiger partial charge in [-0.15, -0.1) is 0 Å². The van der Waals surface area contributed by atoms with Crippen LogP contribution in [0, 0.1) is 0 Å². The molecule has 0 radical (unpaired) electrons. The summed E-state index contributed by atoms with van der Waals surface area (Å²) in [6.07, 6.45) is 3.30. The molecule has 130 valence electrons. The van der Waals surface area contributed by atoms with Gasteiger partial charge in [-0.2, -0.15) is 0 Å². The second-order valence-electron chi connectivity index (χ2n) is 5.52. The maximum Gasteiger partial charge on any atom is 0.409 e. The fourth-order valence-electron chi connectivity index (χ4n) is 2.77. The molecule has 0 bridgehead atoms. The Morgan fingerprint density at radius 1 is 1.24 bits per heavy atom. The molecule has 0 aliphatic carbocycles. The van der Waals surface area contributed by atoms with Crippen molar-refractivity contribution in [3.05, 3.63) is 57.3 Å². The third-order valence-corrected chi connectivity index (χ3v) is 4.65. The quantitative estimate of drug-likeness (QED) is 0.861. The number of para-hydroxylation sites is 1. The Morgan fingerprint density at radius 2 is 1.96 bits per heavy atom. The van der Waals surface area contributed by atoms with Crippen molar-refractivity contribution in [3.8, 4) is 0 Å². The highest BCUT2D eigenvalue weighted by atomic mass is 35.5. The third kappa shape index (κ3) is 3.55. The van der Waals surface area contributed by atoms with E-state index in [2.05, 4.69) is 10.3 Å². The van der Waals surface area contributed by atoms with Crippen LogP contribution in [0.25, 0.3) is 0 Å². The first-order valence-electron chi connectivity index (χ1n) is 7.55. The van der Waals surface area contributed by atoms with Gasteiger partial charge in [-0.3, -0.25) is 9.78 Å². The van der Waals surface area contributed by atoms with Crippen molar-refractivity contribution in [3.63, 3.8) is 0 Å². The molecule has 8 heteroatoms. The summed E-state index contributed by atoms with van der Waals surface area (Å²) in [7, 11) is 1.34. The standard InChI is InChI=1S/C17H15Cl2N3O3/c1-25-17(24)22-6-5-11-10(9-22)7-20-8-12(11)16(23)21-15-13(18)3-2-4-14(15)19/h2-4,7-8H,5-6,9H2,1H3,(H,21,23). The van der Waals surface area contributed by atoms with Crippen LogP contribution < -0.4 is 5.32 Å². The molecule has 0 atom stereocenters. The van der Waals surface area contributed by atoms with Crippen LogP contribution in [0.2, 0.25) is 10.0 Å². The number of carbonyl (C=O) groups is 2. The zero-order valence-corrected chi connectivity index (χ0v) is 14.9. The average Bonchev–Trinajstić information content (AvgIpc) is 2.63. The number of rotatable bonds is 2. The lowest BCUT2D eigenvalue weighted by Gasteiger charge is -2.28. The lowest BCUT2D eigenvalue weighted by Crippen LogP contribution is -2.36. The van der Waals surface area contributed by atoms with Gasteiger partial charge < -0.3 is 15.0 Å². The number of amides is 2. The van der Waals surface area contributed by atoms with Gasteiger partial charge in [0.1, 0.15) is 0 Å². The number of fused-ring (bicyclic) bond motifs is 1. The van der Waals surface area contributed by atoms with Gasteiger partial charge >= 0.3 is 6.09 Å². The zero-order valence-electron chi connectivity index (χ0n) is 13.4. The van der Waals surface area contributed by atoms with Crippen molar-refractivity contribution in [2.45, 2.75) is 13.0 Å². The summed E-state index contributed by atoms with van der Waals surface area (Å²) in [5, 5.41) is 3.46. The largest absolute Gasteiger partial charge is 0.453 e. The number of hydrogen-bond donors (Lipinski definition) is 1. The van der Waals surface area contributed by atoms with E-state index in [0.29, 0.717) is 40.8 Å². The molecule has 0 saturated carbocycles. The van der Waals surface area contributed by atoms with Crippen LogP contribution in [0.15, 0.2) is 30.6 Å². The highest BCUT2D eigenvalue weighted by Crippen LogP contribution is 2.31. The van der Waals surface area contributed by atoms with Crippen molar-refractivity contribution < 1.29 is 14.3 Å². The van der Waals surface area contributed by atoms with Crippen LogP contribution in [0.1, 0.15) is 21.5 Å². The molecule has 1 aliphatic heterocycles. The molecule has 2 heterocycles. The molecule has 25 heavy (non-hydrogen) atoms. The van der Waals surface area contributed by atoms with Crippen molar-refractivity contribution >= 4 is 40.9 Å². The van der Waals surface area contributed by atoms with Crippen LogP contribution in [0.4, 0.5) is 10.5 Å². The maximum atomic E-state index is 12.7. The molecule has 0 unspecified atom stereocenters. The second-order valence-corrected chi connectivity index (χ2v) is 6.33. The van der Waals surface area contributed by atoms with Gasteiger partial charge in [-0.25, -0.2) is 4.79 Å². The molecule has 2 amide bonds. The van der Waals surface area contributed by atoms with E-state index in [1.165, 1.54) is 13.3 Å². The number of methoxy groups -OCH3 is 1. The van der Waals surface area contributed by atoms with Gasteiger partial charge in [0, 0.05) is 18.9 Å². The highest BCUT2D eigenvalue weighted by Gasteiger charge is 2.25. The Labute approximate surface area is 154 Å². The number of benzene rings is 1. The predicted molar refractivity (Wildman–Crippen MR) is 95.2 cm³/mol. The number of halogens is 2. The number of ether oxygens (including phenoxy) is 1. The Kier molecular flexibility index (Phi) is 5.11. The first-order valence-corrected chi connectivity index (χ1v) is 8.31. The van der Waals surface area contributed by atoms with Crippen LogP contribution in [-0.4, -0.2) is 35.5 Å². The molecular weight excluding hydrogens is 365 g/mol.